The smallest absolute Gasteiger partial charge is 0.295 e. The zero-order valence-electron chi connectivity index (χ0n) is 9.57. The Morgan fingerprint density at radius 3 is 2.25 bits per heavy atom. The van der Waals surface area contributed by atoms with Crippen LogP contribution in [0, 0.1) is 4.84 Å². The monoisotopic (exact) mass is 234 g/mol. The lowest BCUT2D eigenvalue weighted by Gasteiger charge is -2.18. The highest BCUT2D eigenvalue weighted by atomic mass is 32.1. The van der Waals surface area contributed by atoms with E-state index in [0.29, 0.717) is 10.7 Å². The summed E-state index contributed by atoms with van der Waals surface area (Å²) < 4.78 is 4.83. The van der Waals surface area contributed by atoms with Crippen LogP contribution in [0.3, 0.4) is 0 Å². The van der Waals surface area contributed by atoms with Crippen molar-refractivity contribution in [2.45, 2.75) is 26.2 Å². The van der Waals surface area contributed by atoms with Gasteiger partial charge in [-0.2, -0.15) is 0 Å². The summed E-state index contributed by atoms with van der Waals surface area (Å²) in [4.78, 5) is 3.19. The molecule has 16 heavy (non-hydrogen) atoms. The van der Waals surface area contributed by atoms with Crippen molar-refractivity contribution in [2.75, 3.05) is 0 Å². The van der Waals surface area contributed by atoms with Crippen LogP contribution in [0.15, 0.2) is 28.8 Å². The maximum absolute atomic E-state index is 4.83. The van der Waals surface area contributed by atoms with Crippen LogP contribution in [0.1, 0.15) is 26.3 Å². The first-order chi connectivity index (χ1) is 7.47. The van der Waals surface area contributed by atoms with E-state index in [1.807, 2.05) is 12.1 Å². The first-order valence-electron chi connectivity index (χ1n) is 5.14. The summed E-state index contributed by atoms with van der Waals surface area (Å²) in [5.74, 6) is 0.672. The first kappa shape index (κ1) is 11.1. The molecule has 0 bridgehead atoms. The molecule has 0 aliphatic rings. The molecule has 0 fully saturated rings. The Labute approximate surface area is 99.5 Å². The summed E-state index contributed by atoms with van der Waals surface area (Å²) in [6.07, 6.45) is 0. The van der Waals surface area contributed by atoms with Gasteiger partial charge in [-0.1, -0.05) is 50.2 Å². The number of rotatable bonds is 1. The van der Waals surface area contributed by atoms with E-state index < -0.39 is 0 Å². The zero-order chi connectivity index (χ0) is 11.8. The van der Waals surface area contributed by atoms with E-state index >= 15 is 0 Å². The Morgan fingerprint density at radius 1 is 1.19 bits per heavy atom. The molecule has 0 unspecified atom stereocenters. The summed E-state index contributed by atoms with van der Waals surface area (Å²) in [5, 5.41) is 3.84. The fourth-order valence-corrected chi connectivity index (χ4v) is 1.62. The molecule has 0 amide bonds. The summed E-state index contributed by atoms with van der Waals surface area (Å²) in [6.45, 7) is 6.56. The molecule has 0 saturated carbocycles. The lowest BCUT2D eigenvalue weighted by Crippen LogP contribution is -2.10. The molecule has 0 saturated heterocycles. The molecule has 2 aromatic rings. The fourth-order valence-electron chi connectivity index (χ4n) is 1.48. The first-order valence-corrected chi connectivity index (χ1v) is 5.54. The molecule has 0 spiro atoms. The van der Waals surface area contributed by atoms with Crippen LogP contribution in [-0.4, -0.2) is 10.1 Å². The standard InChI is InChI=1S/C12H14N2OS/c1-12(2,3)9-6-4-8(5-7-9)10-13-11(16)15-14-10/h4-7H,1-3H3,(H,13,14,16). The molecule has 1 N–H and O–H groups in total. The second kappa shape index (κ2) is 3.87. The van der Waals surface area contributed by atoms with Gasteiger partial charge in [0.2, 0.25) is 0 Å². The molecule has 0 aliphatic heterocycles. The van der Waals surface area contributed by atoms with Gasteiger partial charge in [0.15, 0.2) is 5.82 Å². The summed E-state index contributed by atoms with van der Waals surface area (Å²) >= 11 is 4.83. The van der Waals surface area contributed by atoms with Crippen LogP contribution < -0.4 is 0 Å². The number of benzene rings is 1. The van der Waals surface area contributed by atoms with Crippen molar-refractivity contribution in [2.24, 2.45) is 0 Å². The number of H-pyrrole nitrogens is 1. The van der Waals surface area contributed by atoms with E-state index in [0.717, 1.165) is 5.56 Å². The maximum atomic E-state index is 4.83. The molecule has 0 radical (unpaired) electrons. The summed E-state index contributed by atoms with van der Waals surface area (Å²) in [6, 6.07) is 8.23. The largest absolute Gasteiger partial charge is 0.324 e. The van der Waals surface area contributed by atoms with Crippen molar-refractivity contribution in [3.05, 3.63) is 34.7 Å². The Hall–Kier alpha value is -1.42. The molecule has 4 heteroatoms. The third-order valence-electron chi connectivity index (χ3n) is 2.46. The quantitative estimate of drug-likeness (QED) is 0.765. The average Bonchev–Trinajstić information content (AvgIpc) is 2.64. The van der Waals surface area contributed by atoms with Crippen LogP contribution in [0.25, 0.3) is 11.4 Å². The van der Waals surface area contributed by atoms with Gasteiger partial charge in [-0.15, -0.1) is 0 Å². The predicted octanol–water partition coefficient (Wildman–Crippen LogP) is 3.70. The predicted molar refractivity (Wildman–Crippen MR) is 65.8 cm³/mol. The molecule has 3 nitrogen and oxygen atoms in total. The normalized spacial score (nSPS) is 11.7. The topological polar surface area (TPSA) is 41.8 Å². The minimum absolute atomic E-state index is 0.162. The Morgan fingerprint density at radius 2 is 1.81 bits per heavy atom. The Balaban J connectivity index is 2.36. The highest BCUT2D eigenvalue weighted by Crippen LogP contribution is 2.24. The molecule has 2 rings (SSSR count). The average molecular weight is 234 g/mol. The number of hydrogen-bond acceptors (Lipinski definition) is 3. The number of aromatic nitrogens is 2. The minimum Gasteiger partial charge on any atom is -0.324 e. The van der Waals surface area contributed by atoms with Crippen molar-refractivity contribution >= 4 is 12.2 Å². The lowest BCUT2D eigenvalue weighted by molar-refractivity contribution is 0.406. The van der Waals surface area contributed by atoms with Gasteiger partial charge in [0.05, 0.1) is 0 Å². The second-order valence-electron chi connectivity index (χ2n) is 4.77. The van der Waals surface area contributed by atoms with Gasteiger partial charge in [0.25, 0.3) is 4.84 Å². The summed E-state index contributed by atoms with van der Waals surface area (Å²) in [7, 11) is 0. The van der Waals surface area contributed by atoms with Gasteiger partial charge < -0.3 is 4.52 Å². The number of aromatic amines is 1. The van der Waals surface area contributed by atoms with Crippen molar-refractivity contribution < 1.29 is 4.52 Å². The van der Waals surface area contributed by atoms with Crippen LogP contribution in [0.2, 0.25) is 0 Å². The minimum atomic E-state index is 0.162. The maximum Gasteiger partial charge on any atom is 0.295 e. The van der Waals surface area contributed by atoms with Gasteiger partial charge in [-0.25, -0.2) is 0 Å². The van der Waals surface area contributed by atoms with Crippen molar-refractivity contribution in [1.82, 2.24) is 10.1 Å². The molecule has 0 aliphatic carbocycles. The number of nitrogens with one attached hydrogen (secondary N) is 1. The molecule has 84 valence electrons. The van der Waals surface area contributed by atoms with Crippen molar-refractivity contribution in [1.29, 1.82) is 0 Å². The Kier molecular flexibility index (Phi) is 2.68. The number of hydrogen-bond donors (Lipinski definition) is 1. The van der Waals surface area contributed by atoms with Gasteiger partial charge in [-0.05, 0) is 23.2 Å². The van der Waals surface area contributed by atoms with Crippen molar-refractivity contribution in [3.63, 3.8) is 0 Å². The van der Waals surface area contributed by atoms with E-state index in [4.69, 9.17) is 16.7 Å². The fraction of sp³-hybridized carbons (Fsp3) is 0.333. The van der Waals surface area contributed by atoms with Gasteiger partial charge in [-0.3, -0.25) is 4.98 Å². The number of nitrogens with zero attached hydrogens (tertiary/aromatic N) is 1. The van der Waals surface area contributed by atoms with Crippen LogP contribution >= 0.6 is 12.2 Å². The molecule has 1 heterocycles. The second-order valence-corrected chi connectivity index (χ2v) is 5.14. The van der Waals surface area contributed by atoms with Gasteiger partial charge in [0.1, 0.15) is 0 Å². The highest BCUT2D eigenvalue weighted by molar-refractivity contribution is 7.71. The van der Waals surface area contributed by atoms with Crippen molar-refractivity contribution in [3.8, 4) is 11.4 Å². The van der Waals surface area contributed by atoms with E-state index in [-0.39, 0.29) is 5.41 Å². The van der Waals surface area contributed by atoms with E-state index in [9.17, 15) is 0 Å². The van der Waals surface area contributed by atoms with E-state index in [2.05, 4.69) is 43.0 Å². The summed E-state index contributed by atoms with van der Waals surface area (Å²) in [5.41, 5.74) is 2.43. The van der Waals surface area contributed by atoms with Gasteiger partial charge >= 0.3 is 0 Å². The van der Waals surface area contributed by atoms with Crippen LogP contribution in [-0.2, 0) is 5.41 Å². The van der Waals surface area contributed by atoms with E-state index in [1.165, 1.54) is 5.56 Å². The third-order valence-corrected chi connectivity index (χ3v) is 2.64. The zero-order valence-corrected chi connectivity index (χ0v) is 10.4. The van der Waals surface area contributed by atoms with E-state index in [1.54, 1.807) is 0 Å². The van der Waals surface area contributed by atoms with Crippen LogP contribution in [0.5, 0.6) is 0 Å². The third kappa shape index (κ3) is 2.22. The molecular weight excluding hydrogens is 220 g/mol. The SMILES string of the molecule is CC(C)(C)c1ccc(-c2noc(=S)[nH]2)cc1. The van der Waals surface area contributed by atoms with Gasteiger partial charge in [0, 0.05) is 5.56 Å². The lowest BCUT2D eigenvalue weighted by atomic mass is 9.87. The molecule has 1 aromatic carbocycles. The highest BCUT2D eigenvalue weighted by Gasteiger charge is 2.13. The molecular formula is C12H14N2OS. The molecule has 0 atom stereocenters. The Bertz CT molecular complexity index is 531. The van der Waals surface area contributed by atoms with Crippen LogP contribution in [0.4, 0.5) is 0 Å². The molecule has 1 aromatic heterocycles.